The molecular formula is C19H15NO6. The van der Waals surface area contributed by atoms with Crippen molar-refractivity contribution in [1.82, 2.24) is 0 Å². The van der Waals surface area contributed by atoms with Gasteiger partial charge >= 0.3 is 11.6 Å². The molecule has 0 fully saturated rings. The molecule has 0 N–H and O–H groups in total. The minimum absolute atomic E-state index is 0.141. The number of ether oxygens (including phenoxy) is 1. The van der Waals surface area contributed by atoms with Crippen LogP contribution in [0.2, 0.25) is 0 Å². The lowest BCUT2D eigenvalue weighted by atomic mass is 10.1. The summed E-state index contributed by atoms with van der Waals surface area (Å²) >= 11 is 0. The largest absolute Gasteiger partial charge is 0.457 e. The van der Waals surface area contributed by atoms with E-state index in [0.717, 1.165) is 12.0 Å². The molecule has 0 bridgehead atoms. The van der Waals surface area contributed by atoms with Crippen LogP contribution in [0.4, 0.5) is 5.69 Å². The van der Waals surface area contributed by atoms with Crippen LogP contribution >= 0.6 is 0 Å². The Morgan fingerprint density at radius 1 is 1.19 bits per heavy atom. The fourth-order valence-electron chi connectivity index (χ4n) is 2.64. The first-order chi connectivity index (χ1) is 12.5. The molecule has 2 aromatic carbocycles. The Balaban J connectivity index is 1.89. The van der Waals surface area contributed by atoms with E-state index in [-0.39, 0.29) is 17.9 Å². The number of nitro benzene ring substituents is 1. The maximum Gasteiger partial charge on any atom is 0.345 e. The molecular weight excluding hydrogens is 338 g/mol. The number of nitrogens with zero attached hydrogens (tertiary/aromatic N) is 1. The number of aryl methyl sites for hydroxylation is 1. The van der Waals surface area contributed by atoms with Gasteiger partial charge in [0.15, 0.2) is 0 Å². The summed E-state index contributed by atoms with van der Waals surface area (Å²) in [5.41, 5.74) is 0.872. The molecule has 0 aliphatic carbocycles. The summed E-state index contributed by atoms with van der Waals surface area (Å²) < 4.78 is 10.4. The third kappa shape index (κ3) is 3.46. The van der Waals surface area contributed by atoms with Gasteiger partial charge in [0.25, 0.3) is 5.69 Å². The summed E-state index contributed by atoms with van der Waals surface area (Å²) in [6.07, 6.45) is 0.788. The van der Waals surface area contributed by atoms with Crippen LogP contribution in [0.5, 0.6) is 0 Å². The van der Waals surface area contributed by atoms with Crippen LogP contribution in [0.25, 0.3) is 11.0 Å². The van der Waals surface area contributed by atoms with E-state index in [1.54, 1.807) is 12.1 Å². The summed E-state index contributed by atoms with van der Waals surface area (Å²) in [6.45, 7) is 1.79. The van der Waals surface area contributed by atoms with Crippen molar-refractivity contribution in [2.75, 3.05) is 0 Å². The van der Waals surface area contributed by atoms with Crippen molar-refractivity contribution in [3.63, 3.8) is 0 Å². The number of rotatable bonds is 5. The molecule has 0 amide bonds. The number of nitro groups is 1. The average Bonchev–Trinajstić information content (AvgIpc) is 2.65. The van der Waals surface area contributed by atoms with E-state index in [1.165, 1.54) is 30.3 Å². The van der Waals surface area contributed by atoms with Crippen molar-refractivity contribution in [3.8, 4) is 0 Å². The second-order valence-electron chi connectivity index (χ2n) is 5.63. The normalized spacial score (nSPS) is 10.7. The van der Waals surface area contributed by atoms with Gasteiger partial charge in [-0.1, -0.05) is 31.2 Å². The van der Waals surface area contributed by atoms with Crippen molar-refractivity contribution in [3.05, 3.63) is 85.8 Å². The highest BCUT2D eigenvalue weighted by Gasteiger charge is 2.21. The average molecular weight is 353 g/mol. The number of hydrogen-bond donors (Lipinski definition) is 0. The highest BCUT2D eigenvalue weighted by Crippen LogP contribution is 2.22. The number of esters is 1. The third-order valence-electron chi connectivity index (χ3n) is 3.98. The lowest BCUT2D eigenvalue weighted by Gasteiger charge is -2.08. The molecule has 0 aliphatic rings. The predicted molar refractivity (Wildman–Crippen MR) is 94.1 cm³/mol. The second-order valence-corrected chi connectivity index (χ2v) is 5.63. The predicted octanol–water partition coefficient (Wildman–Crippen LogP) is 3.62. The molecule has 0 spiro atoms. The number of benzene rings is 2. The lowest BCUT2D eigenvalue weighted by Crippen LogP contribution is -2.10. The molecule has 1 heterocycles. The van der Waals surface area contributed by atoms with Crippen molar-refractivity contribution >= 4 is 22.6 Å². The molecule has 3 rings (SSSR count). The van der Waals surface area contributed by atoms with Crippen LogP contribution in [0.15, 0.2) is 57.7 Å². The molecule has 26 heavy (non-hydrogen) atoms. The van der Waals surface area contributed by atoms with Crippen LogP contribution in [-0.4, -0.2) is 10.9 Å². The molecule has 0 unspecified atom stereocenters. The number of para-hydroxylation sites is 1. The molecule has 1 aromatic heterocycles. The van der Waals surface area contributed by atoms with E-state index in [2.05, 4.69) is 0 Å². The molecule has 7 nitrogen and oxygen atoms in total. The summed E-state index contributed by atoms with van der Waals surface area (Å²) in [6, 6.07) is 12.3. The smallest absolute Gasteiger partial charge is 0.345 e. The Morgan fingerprint density at radius 2 is 1.96 bits per heavy atom. The monoisotopic (exact) mass is 353 g/mol. The van der Waals surface area contributed by atoms with Gasteiger partial charge in [0, 0.05) is 23.1 Å². The standard InChI is InChI=1S/C19H15NO6/c1-2-12-7-8-14-13(10-18(21)26-17(14)9-12)11-25-19(22)15-5-3-4-6-16(15)20(23)24/h3-10H,2,11H2,1H3. The number of carbonyl (C=O) groups excluding carboxylic acids is 1. The van der Waals surface area contributed by atoms with Crippen LogP contribution in [0.3, 0.4) is 0 Å². The molecule has 132 valence electrons. The fraction of sp³-hybridized carbons (Fsp3) is 0.158. The molecule has 0 saturated carbocycles. The topological polar surface area (TPSA) is 99.6 Å². The minimum Gasteiger partial charge on any atom is -0.457 e. The van der Waals surface area contributed by atoms with Gasteiger partial charge < -0.3 is 9.15 Å². The Hall–Kier alpha value is -3.48. The fourth-order valence-corrected chi connectivity index (χ4v) is 2.64. The molecule has 7 heteroatoms. The van der Waals surface area contributed by atoms with Crippen LogP contribution < -0.4 is 5.63 Å². The molecule has 3 aromatic rings. The van der Waals surface area contributed by atoms with E-state index in [1.807, 2.05) is 13.0 Å². The number of fused-ring (bicyclic) bond motifs is 1. The Labute approximate surface area is 148 Å². The van der Waals surface area contributed by atoms with E-state index in [4.69, 9.17) is 9.15 Å². The second kappa shape index (κ2) is 7.18. The van der Waals surface area contributed by atoms with E-state index < -0.39 is 16.5 Å². The zero-order valence-corrected chi connectivity index (χ0v) is 13.9. The van der Waals surface area contributed by atoms with Crippen molar-refractivity contribution < 1.29 is 18.9 Å². The first-order valence-corrected chi connectivity index (χ1v) is 7.95. The minimum atomic E-state index is -0.830. The van der Waals surface area contributed by atoms with Gasteiger partial charge in [-0.05, 0) is 24.1 Å². The zero-order valence-electron chi connectivity index (χ0n) is 13.9. The van der Waals surface area contributed by atoms with E-state index >= 15 is 0 Å². The SMILES string of the molecule is CCc1ccc2c(COC(=O)c3ccccc3[N+](=O)[O-])cc(=O)oc2c1. The van der Waals surface area contributed by atoms with E-state index in [0.29, 0.717) is 16.5 Å². The van der Waals surface area contributed by atoms with Crippen molar-refractivity contribution in [1.29, 1.82) is 0 Å². The van der Waals surface area contributed by atoms with Crippen LogP contribution in [0, 0.1) is 10.1 Å². The maximum absolute atomic E-state index is 12.2. The Morgan fingerprint density at radius 3 is 2.69 bits per heavy atom. The molecule has 0 atom stereocenters. The van der Waals surface area contributed by atoms with Gasteiger partial charge in [-0.25, -0.2) is 9.59 Å². The van der Waals surface area contributed by atoms with Crippen molar-refractivity contribution in [2.45, 2.75) is 20.0 Å². The van der Waals surface area contributed by atoms with Gasteiger partial charge in [0.1, 0.15) is 17.8 Å². The molecule has 0 saturated heterocycles. The van der Waals surface area contributed by atoms with Gasteiger partial charge in [0.2, 0.25) is 0 Å². The first-order valence-electron chi connectivity index (χ1n) is 7.95. The summed E-state index contributed by atoms with van der Waals surface area (Å²) in [4.78, 5) is 34.4. The summed E-state index contributed by atoms with van der Waals surface area (Å²) in [5.74, 6) is -0.830. The highest BCUT2D eigenvalue weighted by atomic mass is 16.6. The lowest BCUT2D eigenvalue weighted by molar-refractivity contribution is -0.385. The van der Waals surface area contributed by atoms with Gasteiger partial charge in [-0.2, -0.15) is 0 Å². The van der Waals surface area contributed by atoms with E-state index in [9.17, 15) is 19.7 Å². The zero-order chi connectivity index (χ0) is 18.7. The molecule has 0 radical (unpaired) electrons. The Kier molecular flexibility index (Phi) is 4.79. The maximum atomic E-state index is 12.2. The van der Waals surface area contributed by atoms with Gasteiger partial charge in [-0.15, -0.1) is 0 Å². The number of hydrogen-bond acceptors (Lipinski definition) is 6. The van der Waals surface area contributed by atoms with Gasteiger partial charge in [0.05, 0.1) is 4.92 Å². The van der Waals surface area contributed by atoms with Crippen LogP contribution in [-0.2, 0) is 17.8 Å². The third-order valence-corrected chi connectivity index (χ3v) is 3.98. The molecule has 0 aliphatic heterocycles. The Bertz CT molecular complexity index is 1050. The number of carbonyl (C=O) groups is 1. The summed E-state index contributed by atoms with van der Waals surface area (Å²) in [7, 11) is 0. The summed E-state index contributed by atoms with van der Waals surface area (Å²) in [5, 5.41) is 11.7. The van der Waals surface area contributed by atoms with Crippen molar-refractivity contribution in [2.24, 2.45) is 0 Å². The van der Waals surface area contributed by atoms with Gasteiger partial charge in [-0.3, -0.25) is 10.1 Å². The highest BCUT2D eigenvalue weighted by molar-refractivity contribution is 5.94. The van der Waals surface area contributed by atoms with Crippen LogP contribution in [0.1, 0.15) is 28.4 Å². The quantitative estimate of drug-likeness (QED) is 0.301. The first kappa shape index (κ1) is 17.3.